The molecular weight excluding hydrogens is 653 g/mol. The molecule has 0 atom stereocenters. The molecule has 0 amide bonds. The Bertz CT molecular complexity index is 2890. The summed E-state index contributed by atoms with van der Waals surface area (Å²) in [5.74, 6) is 0. The van der Waals surface area contributed by atoms with Crippen LogP contribution in [0.25, 0.3) is 71.6 Å². The standard InChI is InChI=1S/C52H36N2/c1-5-17-37(18-6-1)38-29-31-43(32-30-38)53(49-28-16-15-26-45(49)39-19-7-2-8-20-39)44-33-34-50-48(36-44)51-47(40-21-9-3-10-22-40)35-41-23-13-14-27-46(41)52(51)54(50)42-24-11-4-12-25-42/h1-36H. The van der Waals surface area contributed by atoms with Gasteiger partial charge in [-0.3, -0.25) is 0 Å². The molecule has 0 fully saturated rings. The number of rotatable bonds is 7. The topological polar surface area (TPSA) is 8.17 Å². The van der Waals surface area contributed by atoms with Gasteiger partial charge in [0.2, 0.25) is 0 Å². The molecule has 0 saturated carbocycles. The first-order valence-electron chi connectivity index (χ1n) is 18.5. The molecule has 0 aliphatic rings. The second kappa shape index (κ2) is 13.4. The van der Waals surface area contributed by atoms with Gasteiger partial charge in [-0.2, -0.15) is 0 Å². The quantitative estimate of drug-likeness (QED) is 0.162. The largest absolute Gasteiger partial charge is 0.310 e. The Morgan fingerprint density at radius 2 is 0.889 bits per heavy atom. The van der Waals surface area contributed by atoms with Crippen LogP contribution in [-0.4, -0.2) is 4.57 Å². The van der Waals surface area contributed by atoms with Gasteiger partial charge >= 0.3 is 0 Å². The molecule has 2 nitrogen and oxygen atoms in total. The number of anilines is 3. The molecule has 10 aromatic rings. The van der Waals surface area contributed by atoms with Crippen LogP contribution in [0.15, 0.2) is 218 Å². The van der Waals surface area contributed by atoms with E-state index in [9.17, 15) is 0 Å². The van der Waals surface area contributed by atoms with Crippen LogP contribution in [0.5, 0.6) is 0 Å². The van der Waals surface area contributed by atoms with Crippen LogP contribution in [-0.2, 0) is 0 Å². The monoisotopic (exact) mass is 688 g/mol. The van der Waals surface area contributed by atoms with Crippen LogP contribution in [0.2, 0.25) is 0 Å². The van der Waals surface area contributed by atoms with E-state index in [4.69, 9.17) is 0 Å². The summed E-state index contributed by atoms with van der Waals surface area (Å²) in [6.07, 6.45) is 0. The Morgan fingerprint density at radius 1 is 0.352 bits per heavy atom. The van der Waals surface area contributed by atoms with Crippen LogP contribution in [0.1, 0.15) is 0 Å². The predicted molar refractivity (Wildman–Crippen MR) is 229 cm³/mol. The number of benzene rings is 9. The van der Waals surface area contributed by atoms with Crippen LogP contribution in [0, 0.1) is 0 Å². The minimum Gasteiger partial charge on any atom is -0.310 e. The van der Waals surface area contributed by atoms with Crippen molar-refractivity contribution in [2.24, 2.45) is 0 Å². The molecule has 254 valence electrons. The summed E-state index contributed by atoms with van der Waals surface area (Å²) in [4.78, 5) is 2.42. The number of aromatic nitrogens is 1. The van der Waals surface area contributed by atoms with Crippen molar-refractivity contribution in [1.82, 2.24) is 4.57 Å². The van der Waals surface area contributed by atoms with Gasteiger partial charge in [-0.15, -0.1) is 0 Å². The third-order valence-electron chi connectivity index (χ3n) is 10.6. The molecular formula is C52H36N2. The van der Waals surface area contributed by atoms with Crippen molar-refractivity contribution in [1.29, 1.82) is 0 Å². The fourth-order valence-electron chi connectivity index (χ4n) is 8.09. The Balaban J connectivity index is 1.28. The first kappa shape index (κ1) is 31.6. The van der Waals surface area contributed by atoms with E-state index >= 15 is 0 Å². The minimum absolute atomic E-state index is 1.10. The minimum atomic E-state index is 1.10. The van der Waals surface area contributed by atoms with E-state index in [-0.39, 0.29) is 0 Å². The second-order valence-corrected chi connectivity index (χ2v) is 13.7. The molecule has 2 heteroatoms. The van der Waals surface area contributed by atoms with Gasteiger partial charge in [-0.25, -0.2) is 0 Å². The molecule has 9 aromatic carbocycles. The maximum atomic E-state index is 2.46. The molecule has 0 spiro atoms. The predicted octanol–water partition coefficient (Wildman–Crippen LogP) is 14.4. The Hall–Kier alpha value is -7.16. The zero-order valence-electron chi connectivity index (χ0n) is 29.7. The third-order valence-corrected chi connectivity index (χ3v) is 10.6. The van der Waals surface area contributed by atoms with Crippen molar-refractivity contribution in [3.05, 3.63) is 218 Å². The lowest BCUT2D eigenvalue weighted by Crippen LogP contribution is -2.11. The summed E-state index contributed by atoms with van der Waals surface area (Å²) in [6.45, 7) is 0. The zero-order valence-corrected chi connectivity index (χ0v) is 29.7. The Morgan fingerprint density at radius 3 is 1.59 bits per heavy atom. The van der Waals surface area contributed by atoms with Gasteiger partial charge in [0.05, 0.1) is 16.7 Å². The fourth-order valence-corrected chi connectivity index (χ4v) is 8.09. The van der Waals surface area contributed by atoms with Crippen LogP contribution in [0.3, 0.4) is 0 Å². The lowest BCUT2D eigenvalue weighted by atomic mass is 9.95. The van der Waals surface area contributed by atoms with Gasteiger partial charge in [-0.1, -0.05) is 164 Å². The van der Waals surface area contributed by atoms with Gasteiger partial charge in [0.25, 0.3) is 0 Å². The normalized spacial score (nSPS) is 11.3. The van der Waals surface area contributed by atoms with Crippen molar-refractivity contribution >= 4 is 49.6 Å². The van der Waals surface area contributed by atoms with Gasteiger partial charge in [0.15, 0.2) is 0 Å². The van der Waals surface area contributed by atoms with Crippen molar-refractivity contribution < 1.29 is 0 Å². The van der Waals surface area contributed by atoms with Crippen molar-refractivity contribution in [2.75, 3.05) is 4.90 Å². The Labute approximate surface area is 315 Å². The summed E-state index contributed by atoms with van der Waals surface area (Å²) in [5.41, 5.74) is 14.0. The molecule has 1 aromatic heterocycles. The highest BCUT2D eigenvalue weighted by Crippen LogP contribution is 2.46. The molecule has 0 saturated heterocycles. The molecule has 0 aliphatic heterocycles. The Kier molecular flexibility index (Phi) is 7.85. The maximum absolute atomic E-state index is 2.46. The van der Waals surface area contributed by atoms with E-state index in [1.165, 1.54) is 66.0 Å². The number of hydrogen-bond donors (Lipinski definition) is 0. The second-order valence-electron chi connectivity index (χ2n) is 13.7. The number of para-hydroxylation sites is 2. The summed E-state index contributed by atoms with van der Waals surface area (Å²) in [6, 6.07) is 78.9. The first-order chi connectivity index (χ1) is 26.8. The maximum Gasteiger partial charge on any atom is 0.0625 e. The van der Waals surface area contributed by atoms with E-state index in [1.54, 1.807) is 0 Å². The van der Waals surface area contributed by atoms with Crippen LogP contribution in [0.4, 0.5) is 17.1 Å². The summed E-state index contributed by atoms with van der Waals surface area (Å²) < 4.78 is 2.46. The smallest absolute Gasteiger partial charge is 0.0625 e. The molecule has 1 heterocycles. The van der Waals surface area contributed by atoms with E-state index in [1.807, 2.05) is 0 Å². The lowest BCUT2D eigenvalue weighted by molar-refractivity contribution is 1.18. The highest BCUT2D eigenvalue weighted by Gasteiger charge is 2.23. The number of fused-ring (bicyclic) bond motifs is 5. The fraction of sp³-hybridized carbons (Fsp3) is 0. The zero-order chi connectivity index (χ0) is 35.8. The van der Waals surface area contributed by atoms with Crippen LogP contribution >= 0.6 is 0 Å². The van der Waals surface area contributed by atoms with Crippen LogP contribution < -0.4 is 4.90 Å². The van der Waals surface area contributed by atoms with Gasteiger partial charge in [0, 0.05) is 38.8 Å². The molecule has 0 radical (unpaired) electrons. The van der Waals surface area contributed by atoms with Crippen molar-refractivity contribution in [3.63, 3.8) is 0 Å². The van der Waals surface area contributed by atoms with Crippen molar-refractivity contribution in [2.45, 2.75) is 0 Å². The number of hydrogen-bond acceptors (Lipinski definition) is 1. The van der Waals surface area contributed by atoms with E-state index in [0.717, 1.165) is 22.7 Å². The molecule has 0 bridgehead atoms. The summed E-state index contributed by atoms with van der Waals surface area (Å²) in [5, 5.41) is 4.91. The van der Waals surface area contributed by atoms with Gasteiger partial charge < -0.3 is 9.47 Å². The van der Waals surface area contributed by atoms with E-state index in [0.29, 0.717) is 0 Å². The van der Waals surface area contributed by atoms with Gasteiger partial charge in [-0.05, 0) is 87.8 Å². The summed E-state index contributed by atoms with van der Waals surface area (Å²) >= 11 is 0. The summed E-state index contributed by atoms with van der Waals surface area (Å²) in [7, 11) is 0. The molecule has 54 heavy (non-hydrogen) atoms. The highest BCUT2D eigenvalue weighted by atomic mass is 15.1. The lowest BCUT2D eigenvalue weighted by Gasteiger charge is -2.28. The average Bonchev–Trinajstić information content (AvgIpc) is 3.60. The third kappa shape index (κ3) is 5.44. The molecule has 0 aliphatic carbocycles. The number of nitrogens with zero attached hydrogens (tertiary/aromatic N) is 2. The van der Waals surface area contributed by atoms with Crippen molar-refractivity contribution in [3.8, 4) is 39.1 Å². The molecule has 10 rings (SSSR count). The van der Waals surface area contributed by atoms with Gasteiger partial charge in [0.1, 0.15) is 0 Å². The molecule has 0 N–H and O–H groups in total. The highest BCUT2D eigenvalue weighted by molar-refractivity contribution is 6.24. The SMILES string of the molecule is c1ccc(-c2ccc(N(c3ccc4c(c3)c3c(-c5ccccc5)cc5ccccc5c3n4-c3ccccc3)c3ccccc3-c3ccccc3)cc2)cc1. The average molecular weight is 689 g/mol. The van der Waals surface area contributed by atoms with E-state index in [2.05, 4.69) is 228 Å². The first-order valence-corrected chi connectivity index (χ1v) is 18.5. The molecule has 0 unspecified atom stereocenters. The van der Waals surface area contributed by atoms with E-state index < -0.39 is 0 Å².